The number of hydrogen-bond donors (Lipinski definition) is 9. The van der Waals surface area contributed by atoms with Crippen LogP contribution in [0.4, 0.5) is 0 Å². The minimum absolute atomic E-state index is 0.0281. The Bertz CT molecular complexity index is 4300. The first-order valence-corrected chi connectivity index (χ1v) is 45.3. The van der Waals surface area contributed by atoms with Gasteiger partial charge >= 0.3 is 17.9 Å². The fraction of sp³-hybridized carbons (Fsp3) is 0.610. The lowest BCUT2D eigenvalue weighted by molar-refractivity contribution is -0.151. The van der Waals surface area contributed by atoms with E-state index in [1.807, 2.05) is 111 Å². The zero-order valence-corrected chi connectivity index (χ0v) is 76.0. The number of hydrogen-bond acceptors (Lipinski definition) is 22. The molecule has 4 aromatic carbocycles. The Morgan fingerprint density at radius 1 is 0.444 bits per heavy atom. The number of Topliss-reactive ketones (excluding diaryl/α,β-unsaturated/α-hetero) is 5. The number of carbonyl (C=O) groups excluding carboxylic acids is 10. The molecule has 26 nitrogen and oxygen atoms in total. The molecule has 4 saturated carbocycles. The first-order chi connectivity index (χ1) is 59.6. The number of ketones is 5. The van der Waals surface area contributed by atoms with E-state index in [-0.39, 0.29) is 121 Å². The van der Waals surface area contributed by atoms with Crippen LogP contribution >= 0.6 is 0 Å². The number of aliphatic hydroxyl groups is 4. The molecule has 692 valence electrons. The first kappa shape index (κ1) is 102. The van der Waals surface area contributed by atoms with E-state index in [9.17, 15) is 73.2 Å². The van der Waals surface area contributed by atoms with E-state index in [2.05, 4.69) is 28.1 Å². The second kappa shape index (κ2) is 47.8. The number of carboxylic acid groups (broad SMARTS) is 1. The van der Waals surface area contributed by atoms with Crippen molar-refractivity contribution in [1.82, 2.24) is 16.0 Å². The Kier molecular flexibility index (Phi) is 38.8. The van der Waals surface area contributed by atoms with Crippen molar-refractivity contribution in [2.24, 2.45) is 47.2 Å². The van der Waals surface area contributed by atoms with Crippen molar-refractivity contribution in [3.8, 4) is 11.5 Å². The number of ether oxygens (including phenoxy) is 6. The summed E-state index contributed by atoms with van der Waals surface area (Å²) in [7, 11) is 3.17. The van der Waals surface area contributed by atoms with Gasteiger partial charge in [0.25, 0.3) is 0 Å². The Morgan fingerprint density at radius 2 is 0.810 bits per heavy atom. The summed E-state index contributed by atoms with van der Waals surface area (Å²) in [5.74, 6) is -3.86. The number of amides is 3. The number of allylic oxidation sites excluding steroid dienone is 2. The number of epoxide rings is 2. The molecule has 0 aromatic heterocycles. The second-order valence-electron chi connectivity index (χ2n) is 37.8. The van der Waals surface area contributed by atoms with Gasteiger partial charge in [-0.05, 0) is 269 Å². The standard InChI is InChI=1S/C33H46N2O7.C29H37NO6.C19H26O4.C11H17NO2.C8H14O3/c1-21(34-30(38)24-13-15-32(2,40)16-14-24)28(36)19-25(17-23-9-11-26(41-4)12-10-23)31(39)35-27(18-22-7-5-6-8-22)29(37)33(3)20-42-33;1-20(30-27(32)23-13-15-29(2,34)16-14-23)26(31)18-24(17-21-9-11-25(35-3)12-10-21)28(33)36-19-22-7-5-4-6-8-22;1-14(18(21)23-13-15-6-4-3-5-7-15)12-17(20)16-8-10-19(2,22)11-9-16;1-11(7-14-11)10(13)9(12)6-8-4-2-3-5-8;1-8(11)4-2-6(3-5-8)7(9)10/h7,9-12,21,24-25,27,40H,5-6,8,13-20H2,1-4H3,(H,34,38)(H,35,39);4-12,20,23-24,34H,13-19H2,1-3H3,(H,30,32);3-7,14,16,22H,8-13H2,1-2H3;4,9H,2-3,5-7,12H2,1H3;6,11H,2-5H2,1H3,(H,9,10)/t21-,24?,25-,27+,32?,33-;20-,23?,24-,29?;14-,16?,19?;9-,11+;/m1100./s1. The molecule has 10 N–H and O–H groups in total. The molecule has 6 aliphatic carbocycles. The van der Waals surface area contributed by atoms with Crippen LogP contribution in [0.25, 0.3) is 0 Å². The first-order valence-electron chi connectivity index (χ1n) is 45.3. The summed E-state index contributed by atoms with van der Waals surface area (Å²) in [6, 6.07) is 31.0. The van der Waals surface area contributed by atoms with Crippen molar-refractivity contribution in [1.29, 1.82) is 0 Å². The number of nitrogens with one attached hydrogen (secondary N) is 3. The Labute approximate surface area is 743 Å². The van der Waals surface area contributed by atoms with Gasteiger partial charge in [-0.2, -0.15) is 0 Å². The van der Waals surface area contributed by atoms with E-state index >= 15 is 0 Å². The van der Waals surface area contributed by atoms with Crippen LogP contribution < -0.4 is 31.2 Å². The summed E-state index contributed by atoms with van der Waals surface area (Å²) in [6.45, 7) is 17.0. The topological polar surface area (TPSA) is 413 Å². The molecular formula is C100H140N4O22. The molecule has 0 bridgehead atoms. The molecule has 4 aromatic rings. The van der Waals surface area contributed by atoms with Crippen LogP contribution in [0.5, 0.6) is 11.5 Å². The van der Waals surface area contributed by atoms with Gasteiger partial charge in [-0.25, -0.2) is 0 Å². The van der Waals surface area contributed by atoms with Gasteiger partial charge in [0.15, 0.2) is 23.1 Å². The summed E-state index contributed by atoms with van der Waals surface area (Å²) >= 11 is 0. The van der Waals surface area contributed by atoms with Crippen LogP contribution in [0, 0.1) is 41.4 Å². The number of benzene rings is 4. The normalized spacial score (nSPS) is 26.8. The zero-order valence-electron chi connectivity index (χ0n) is 76.0. The van der Waals surface area contributed by atoms with Crippen molar-refractivity contribution >= 4 is 64.5 Å². The summed E-state index contributed by atoms with van der Waals surface area (Å²) < 4.78 is 31.8. The number of methoxy groups -OCH3 is 2. The summed E-state index contributed by atoms with van der Waals surface area (Å²) in [4.78, 5) is 139. The van der Waals surface area contributed by atoms with E-state index < -0.39 is 81.4 Å². The molecule has 126 heavy (non-hydrogen) atoms. The molecule has 2 saturated heterocycles. The van der Waals surface area contributed by atoms with Crippen molar-refractivity contribution in [2.45, 2.75) is 320 Å². The van der Waals surface area contributed by atoms with Crippen LogP contribution in [-0.2, 0) is 97.7 Å². The molecule has 0 unspecified atom stereocenters. The Balaban J connectivity index is 0.000000210. The van der Waals surface area contributed by atoms with Crippen molar-refractivity contribution < 1.29 is 107 Å². The number of aliphatic carboxylic acids is 1. The van der Waals surface area contributed by atoms with Crippen LogP contribution in [0.3, 0.4) is 0 Å². The minimum Gasteiger partial charge on any atom is -0.497 e. The van der Waals surface area contributed by atoms with Gasteiger partial charge in [0.2, 0.25) is 17.7 Å². The van der Waals surface area contributed by atoms with Gasteiger partial charge in [0.05, 0.1) is 91.8 Å². The highest BCUT2D eigenvalue weighted by atomic mass is 16.6. The molecule has 8 aliphatic rings. The van der Waals surface area contributed by atoms with Gasteiger partial charge in [0.1, 0.15) is 41.7 Å². The van der Waals surface area contributed by atoms with E-state index in [1.54, 1.807) is 74.8 Å². The van der Waals surface area contributed by atoms with E-state index in [4.69, 9.17) is 39.3 Å². The third-order valence-corrected chi connectivity index (χ3v) is 26.1. The SMILES string of the molecule is CC1(O)CCC(C(=O)O)CC1.COc1ccc(C[C@H](CC(=O)[C@@H](C)NC(=O)C2CCC(C)(O)CC2)C(=O)N[C@@H](CC2=CCCC2)C(=O)[C@@]2(C)CO2)cc1.COc1ccc(C[C@H](CC(=O)[C@@H](C)NC(=O)C2CCC(C)(O)CC2)C(=O)OCc2ccccc2)cc1.C[C@@H](CC(=O)C1CCC(C)(O)CC1)C(=O)OCc1ccccc1.C[C@]1(C(=O)[C@@H](N)CC2=CCCC2)CO1. The highest BCUT2D eigenvalue weighted by Gasteiger charge is 2.51. The average Bonchev–Trinajstić information content (AvgIpc) is 1.64. The van der Waals surface area contributed by atoms with Crippen molar-refractivity contribution in [3.63, 3.8) is 0 Å². The summed E-state index contributed by atoms with van der Waals surface area (Å²) in [5.41, 5.74) is 7.71. The van der Waals surface area contributed by atoms with Crippen molar-refractivity contribution in [2.75, 3.05) is 27.4 Å². The summed E-state index contributed by atoms with van der Waals surface area (Å²) in [6.07, 6.45) is 22.3. The number of esters is 2. The average molecular weight is 1750 g/mol. The summed E-state index contributed by atoms with van der Waals surface area (Å²) in [5, 5.41) is 57.0. The lowest BCUT2D eigenvalue weighted by Crippen LogP contribution is -2.49. The number of nitrogens with two attached hydrogens (primary N) is 1. The number of rotatable bonds is 36. The highest BCUT2D eigenvalue weighted by Crippen LogP contribution is 2.38. The monoisotopic (exact) mass is 1750 g/mol. The third kappa shape index (κ3) is 34.1. The van der Waals surface area contributed by atoms with E-state index in [0.717, 1.165) is 66.4 Å². The van der Waals surface area contributed by atoms with Crippen LogP contribution in [0.15, 0.2) is 132 Å². The second-order valence-corrected chi connectivity index (χ2v) is 37.8. The quantitative estimate of drug-likeness (QED) is 0.0116. The van der Waals surface area contributed by atoms with Gasteiger partial charge < -0.3 is 75.6 Å². The molecule has 0 radical (unpaired) electrons. The van der Waals surface area contributed by atoms with Gasteiger partial charge in [-0.3, -0.25) is 52.7 Å². The van der Waals surface area contributed by atoms with Crippen molar-refractivity contribution in [3.05, 3.63) is 155 Å². The van der Waals surface area contributed by atoms with Gasteiger partial charge in [0, 0.05) is 42.9 Å². The predicted molar refractivity (Wildman–Crippen MR) is 476 cm³/mol. The fourth-order valence-electron chi connectivity index (χ4n) is 16.8. The largest absolute Gasteiger partial charge is 0.497 e. The van der Waals surface area contributed by atoms with E-state index in [0.29, 0.717) is 140 Å². The Morgan fingerprint density at radius 3 is 1.19 bits per heavy atom. The maximum atomic E-state index is 13.8. The molecule has 6 fully saturated rings. The lowest BCUT2D eigenvalue weighted by atomic mass is 9.77. The number of carbonyl (C=O) groups is 11. The van der Waals surface area contributed by atoms with Gasteiger partial charge in [-0.15, -0.1) is 0 Å². The molecule has 2 aliphatic heterocycles. The molecule has 9 atom stereocenters. The molecule has 3 amide bonds. The van der Waals surface area contributed by atoms with Crippen LogP contribution in [-0.4, -0.2) is 175 Å². The number of carboxylic acids is 1. The third-order valence-electron chi connectivity index (χ3n) is 26.1. The fourth-order valence-corrected chi connectivity index (χ4v) is 16.8. The molecule has 2 heterocycles. The zero-order chi connectivity index (χ0) is 92.2. The van der Waals surface area contributed by atoms with Crippen LogP contribution in [0.1, 0.15) is 258 Å². The molecule has 0 spiro atoms. The molecule has 12 rings (SSSR count). The highest BCUT2D eigenvalue weighted by molar-refractivity contribution is 5.99. The lowest BCUT2D eigenvalue weighted by Gasteiger charge is -2.32. The molecule has 26 heteroatoms. The van der Waals surface area contributed by atoms with E-state index in [1.165, 1.54) is 12.0 Å². The van der Waals surface area contributed by atoms with Crippen LogP contribution in [0.2, 0.25) is 0 Å². The van der Waals surface area contributed by atoms with Gasteiger partial charge in [-0.1, -0.05) is 115 Å². The maximum Gasteiger partial charge on any atom is 0.310 e. The predicted octanol–water partition coefficient (Wildman–Crippen LogP) is 13.1. The molecular weight excluding hydrogens is 1610 g/mol. The minimum atomic E-state index is -0.885. The smallest absolute Gasteiger partial charge is 0.310 e. The Hall–Kier alpha value is -9.15. The maximum absolute atomic E-state index is 13.8.